The second-order valence-corrected chi connectivity index (χ2v) is 6.12. The number of benzene rings is 1. The Hall–Kier alpha value is -3.74. The molecule has 134 valence electrons. The summed E-state index contributed by atoms with van der Waals surface area (Å²) in [5, 5.41) is 13.9. The van der Waals surface area contributed by atoms with Crippen LogP contribution in [0.25, 0.3) is 22.2 Å². The quantitative estimate of drug-likeness (QED) is 0.544. The Bertz CT molecular complexity index is 1170. The van der Waals surface area contributed by atoms with Gasteiger partial charge < -0.3 is 10.5 Å². The zero-order chi connectivity index (χ0) is 18.8. The van der Waals surface area contributed by atoms with Crippen molar-refractivity contribution in [3.8, 4) is 11.1 Å². The van der Waals surface area contributed by atoms with Crippen molar-refractivity contribution in [1.29, 1.82) is 0 Å². The van der Waals surface area contributed by atoms with Gasteiger partial charge in [-0.3, -0.25) is 9.78 Å². The number of rotatable bonds is 4. The predicted octanol–water partition coefficient (Wildman–Crippen LogP) is 3.01. The molecule has 0 amide bonds. The maximum atomic E-state index is 12.1. The Balaban J connectivity index is 1.74. The number of hydrogen-bond acceptors (Lipinski definition) is 6. The van der Waals surface area contributed by atoms with Crippen LogP contribution in [0.5, 0.6) is 0 Å². The normalized spacial score (nSPS) is 10.9. The van der Waals surface area contributed by atoms with E-state index in [4.69, 9.17) is 0 Å². The molecule has 0 fully saturated rings. The highest BCUT2D eigenvalue weighted by atomic mass is 16.5. The molecule has 4 aromatic rings. The molecule has 0 bridgehead atoms. The lowest BCUT2D eigenvalue weighted by atomic mass is 10.0. The van der Waals surface area contributed by atoms with Crippen LogP contribution in [0.3, 0.4) is 0 Å². The Kier molecular flexibility index (Phi) is 4.25. The van der Waals surface area contributed by atoms with Crippen molar-refractivity contribution < 1.29 is 5.21 Å². The average Bonchev–Trinajstić information content (AvgIpc) is 2.70. The second-order valence-electron chi connectivity index (χ2n) is 6.12. The Morgan fingerprint density at radius 3 is 2.81 bits per heavy atom. The molecule has 0 spiro atoms. The number of nitrogens with zero attached hydrogens (tertiary/aromatic N) is 4. The first-order chi connectivity index (χ1) is 13.1. The van der Waals surface area contributed by atoms with Gasteiger partial charge in [0.25, 0.3) is 5.56 Å². The van der Waals surface area contributed by atoms with E-state index in [1.807, 2.05) is 49.5 Å². The van der Waals surface area contributed by atoms with E-state index in [9.17, 15) is 10.0 Å². The third-order valence-electron chi connectivity index (χ3n) is 4.42. The highest BCUT2D eigenvalue weighted by Gasteiger charge is 2.13. The average molecular weight is 359 g/mol. The summed E-state index contributed by atoms with van der Waals surface area (Å²) in [6.07, 6.45) is 4.88. The van der Waals surface area contributed by atoms with E-state index in [0.717, 1.165) is 16.7 Å². The van der Waals surface area contributed by atoms with Gasteiger partial charge in [-0.1, -0.05) is 30.3 Å². The monoisotopic (exact) mass is 359 g/mol. The largest absolute Gasteiger partial charge is 0.423 e. The fourth-order valence-electron chi connectivity index (χ4n) is 3.11. The molecule has 0 aliphatic heterocycles. The SMILES string of the molecule is Cc1ncnc2c1c(NCc1ccccc1-c1cccnc1)cc(=O)n2O. The van der Waals surface area contributed by atoms with Crippen LogP contribution in [0.15, 0.2) is 66.0 Å². The summed E-state index contributed by atoms with van der Waals surface area (Å²) in [4.78, 5) is 24.5. The van der Waals surface area contributed by atoms with Crippen molar-refractivity contribution in [2.75, 3.05) is 5.32 Å². The third kappa shape index (κ3) is 3.10. The fraction of sp³-hybridized carbons (Fsp3) is 0.100. The zero-order valence-electron chi connectivity index (χ0n) is 14.6. The molecule has 3 aromatic heterocycles. The summed E-state index contributed by atoms with van der Waals surface area (Å²) in [5.41, 5.74) is 4.02. The van der Waals surface area contributed by atoms with Crippen molar-refractivity contribution >= 4 is 16.7 Å². The van der Waals surface area contributed by atoms with Crippen LogP contribution in [0.1, 0.15) is 11.3 Å². The summed E-state index contributed by atoms with van der Waals surface area (Å²) in [6.45, 7) is 2.30. The topological polar surface area (TPSA) is 92.9 Å². The van der Waals surface area contributed by atoms with Crippen molar-refractivity contribution in [2.24, 2.45) is 0 Å². The van der Waals surface area contributed by atoms with Gasteiger partial charge in [-0.05, 0) is 24.1 Å². The van der Waals surface area contributed by atoms with E-state index in [0.29, 0.717) is 28.0 Å². The van der Waals surface area contributed by atoms with E-state index in [-0.39, 0.29) is 5.65 Å². The number of fused-ring (bicyclic) bond motifs is 1. The van der Waals surface area contributed by atoms with Gasteiger partial charge in [-0.2, -0.15) is 0 Å². The van der Waals surface area contributed by atoms with Crippen LogP contribution < -0.4 is 10.9 Å². The van der Waals surface area contributed by atoms with Crippen molar-refractivity contribution in [2.45, 2.75) is 13.5 Å². The molecule has 4 rings (SSSR count). The Labute approximate surface area is 155 Å². The fourth-order valence-corrected chi connectivity index (χ4v) is 3.11. The smallest absolute Gasteiger partial charge is 0.286 e. The Morgan fingerprint density at radius 2 is 2.00 bits per heavy atom. The van der Waals surface area contributed by atoms with Crippen LogP contribution in [-0.4, -0.2) is 24.9 Å². The molecule has 0 aliphatic carbocycles. The maximum absolute atomic E-state index is 12.1. The minimum Gasteiger partial charge on any atom is -0.423 e. The van der Waals surface area contributed by atoms with Crippen LogP contribution in [0.4, 0.5) is 5.69 Å². The van der Waals surface area contributed by atoms with Crippen LogP contribution >= 0.6 is 0 Å². The molecule has 0 saturated heterocycles. The first kappa shape index (κ1) is 16.7. The van der Waals surface area contributed by atoms with E-state index >= 15 is 0 Å². The summed E-state index contributed by atoms with van der Waals surface area (Å²) in [7, 11) is 0. The number of anilines is 1. The first-order valence-corrected chi connectivity index (χ1v) is 8.44. The predicted molar refractivity (Wildman–Crippen MR) is 103 cm³/mol. The van der Waals surface area contributed by atoms with E-state index in [1.54, 1.807) is 6.20 Å². The van der Waals surface area contributed by atoms with Gasteiger partial charge in [0, 0.05) is 30.6 Å². The molecule has 1 aromatic carbocycles. The van der Waals surface area contributed by atoms with Gasteiger partial charge in [0.15, 0.2) is 5.65 Å². The highest BCUT2D eigenvalue weighted by molar-refractivity contribution is 5.90. The third-order valence-corrected chi connectivity index (χ3v) is 4.42. The second kappa shape index (κ2) is 6.87. The number of hydrogen-bond donors (Lipinski definition) is 2. The number of aryl methyl sites for hydroxylation is 1. The van der Waals surface area contributed by atoms with Gasteiger partial charge >= 0.3 is 0 Å². The molecule has 0 saturated carbocycles. The minimum atomic E-state index is -0.552. The first-order valence-electron chi connectivity index (χ1n) is 8.44. The molecule has 0 aliphatic rings. The van der Waals surface area contributed by atoms with Crippen LogP contribution in [0, 0.1) is 6.92 Å². The molecule has 3 heterocycles. The number of pyridine rings is 2. The van der Waals surface area contributed by atoms with Gasteiger partial charge in [0.2, 0.25) is 0 Å². The van der Waals surface area contributed by atoms with E-state index in [1.165, 1.54) is 12.4 Å². The van der Waals surface area contributed by atoms with Crippen molar-refractivity contribution in [3.05, 3.63) is 82.8 Å². The molecular formula is C20H17N5O2. The molecule has 7 heteroatoms. The van der Waals surface area contributed by atoms with E-state index < -0.39 is 5.56 Å². The molecule has 27 heavy (non-hydrogen) atoms. The highest BCUT2D eigenvalue weighted by Crippen LogP contribution is 2.26. The van der Waals surface area contributed by atoms with Gasteiger partial charge in [0.1, 0.15) is 6.33 Å². The summed E-state index contributed by atoms with van der Waals surface area (Å²) in [6, 6.07) is 13.3. The molecule has 7 nitrogen and oxygen atoms in total. The minimum absolute atomic E-state index is 0.179. The van der Waals surface area contributed by atoms with E-state index in [2.05, 4.69) is 20.3 Å². The van der Waals surface area contributed by atoms with Crippen molar-refractivity contribution in [3.63, 3.8) is 0 Å². The zero-order valence-corrected chi connectivity index (χ0v) is 14.6. The number of nitrogens with one attached hydrogen (secondary N) is 1. The molecular weight excluding hydrogens is 342 g/mol. The standard InChI is InChI=1S/C20H17N5O2/c1-13-19-17(9-18(26)25(27)20(19)24-12-23-13)22-11-15-5-2-3-7-16(15)14-6-4-8-21-10-14/h2-10,12,22,27H,11H2,1H3. The Morgan fingerprint density at radius 1 is 1.15 bits per heavy atom. The summed E-state index contributed by atoms with van der Waals surface area (Å²) in [5.74, 6) is 0. The maximum Gasteiger partial charge on any atom is 0.286 e. The van der Waals surface area contributed by atoms with Gasteiger partial charge in [-0.25, -0.2) is 9.97 Å². The van der Waals surface area contributed by atoms with Gasteiger partial charge in [0.05, 0.1) is 16.8 Å². The number of aromatic nitrogens is 4. The molecule has 0 atom stereocenters. The lowest BCUT2D eigenvalue weighted by molar-refractivity contribution is 0.186. The lowest BCUT2D eigenvalue weighted by Gasteiger charge is -2.14. The van der Waals surface area contributed by atoms with Crippen molar-refractivity contribution in [1.82, 2.24) is 19.7 Å². The molecule has 0 radical (unpaired) electrons. The molecule has 2 N–H and O–H groups in total. The van der Waals surface area contributed by atoms with Gasteiger partial charge in [-0.15, -0.1) is 4.73 Å². The van der Waals surface area contributed by atoms with Crippen LogP contribution in [-0.2, 0) is 6.54 Å². The summed E-state index contributed by atoms with van der Waals surface area (Å²) >= 11 is 0. The summed E-state index contributed by atoms with van der Waals surface area (Å²) < 4.78 is 0.540. The molecule has 0 unspecified atom stereocenters. The lowest BCUT2D eigenvalue weighted by Crippen LogP contribution is -2.20. The van der Waals surface area contributed by atoms with Crippen LogP contribution in [0.2, 0.25) is 0 Å².